The summed E-state index contributed by atoms with van der Waals surface area (Å²) in [6.45, 7) is 3.61. The van der Waals surface area contributed by atoms with Gasteiger partial charge in [-0.1, -0.05) is 12.1 Å². The topological polar surface area (TPSA) is 92.8 Å². The first-order valence-electron chi connectivity index (χ1n) is 7.86. The second kappa shape index (κ2) is 8.15. The van der Waals surface area contributed by atoms with E-state index < -0.39 is 35.8 Å². The van der Waals surface area contributed by atoms with Crippen LogP contribution < -0.4 is 5.32 Å². The van der Waals surface area contributed by atoms with E-state index in [1.165, 1.54) is 18.7 Å². The van der Waals surface area contributed by atoms with Crippen molar-refractivity contribution in [2.45, 2.75) is 26.0 Å². The average Bonchev–Trinajstić information content (AvgIpc) is 2.84. The summed E-state index contributed by atoms with van der Waals surface area (Å²) < 4.78 is 5.18. The van der Waals surface area contributed by atoms with Crippen LogP contribution in [0.4, 0.5) is 0 Å². The Labute approximate surface area is 150 Å². The minimum Gasteiger partial charge on any atom is -0.451 e. The lowest BCUT2D eigenvalue weighted by Crippen LogP contribution is -2.49. The van der Waals surface area contributed by atoms with Crippen molar-refractivity contribution in [3.63, 3.8) is 0 Å². The maximum Gasteiger partial charge on any atom is 0.331 e. The molecule has 0 saturated carbocycles. The second-order valence-electron chi connectivity index (χ2n) is 5.47. The third kappa shape index (κ3) is 3.84. The number of esters is 1. The number of hydrogen-bond donors (Lipinski definition) is 1. The zero-order chi connectivity index (χ0) is 18.6. The van der Waals surface area contributed by atoms with E-state index in [-0.39, 0.29) is 16.9 Å². The van der Waals surface area contributed by atoms with Gasteiger partial charge in [0.25, 0.3) is 17.7 Å². The lowest BCUT2D eigenvalue weighted by molar-refractivity contribution is -0.157. The van der Waals surface area contributed by atoms with E-state index in [9.17, 15) is 19.2 Å². The molecular weight excluding hydrogens is 344 g/mol. The summed E-state index contributed by atoms with van der Waals surface area (Å²) in [5, 5.41) is 2.55. The van der Waals surface area contributed by atoms with E-state index in [1.54, 1.807) is 37.4 Å². The van der Waals surface area contributed by atoms with Crippen LogP contribution in [0.15, 0.2) is 24.3 Å². The van der Waals surface area contributed by atoms with Crippen molar-refractivity contribution in [2.24, 2.45) is 0 Å². The number of imide groups is 1. The molecule has 0 aliphatic carbocycles. The van der Waals surface area contributed by atoms with Crippen LogP contribution in [0.5, 0.6) is 0 Å². The fourth-order valence-corrected chi connectivity index (χ4v) is 3.12. The number of nitrogens with zero attached hydrogens (tertiary/aromatic N) is 1. The standard InChI is InChI=1S/C17H20N2O5S/c1-4-18-14(20)10(2)24-17(23)13(9-25-3)19-15(21)11-7-5-6-8-12(11)16(19)22/h5-8,10,13H,4,9H2,1-3H3,(H,18,20)/t10-,13-/m1/s1. The number of amides is 3. The van der Waals surface area contributed by atoms with E-state index >= 15 is 0 Å². The van der Waals surface area contributed by atoms with Gasteiger partial charge < -0.3 is 10.1 Å². The number of benzene rings is 1. The Morgan fingerprint density at radius 1 is 1.20 bits per heavy atom. The Morgan fingerprint density at radius 2 is 1.76 bits per heavy atom. The zero-order valence-corrected chi connectivity index (χ0v) is 15.1. The Balaban J connectivity index is 2.21. The zero-order valence-electron chi connectivity index (χ0n) is 14.3. The molecule has 7 nitrogen and oxygen atoms in total. The molecule has 134 valence electrons. The highest BCUT2D eigenvalue weighted by Crippen LogP contribution is 2.26. The number of ether oxygens (including phenoxy) is 1. The van der Waals surface area contributed by atoms with E-state index in [0.717, 1.165) is 4.90 Å². The van der Waals surface area contributed by atoms with Gasteiger partial charge in [-0.05, 0) is 32.2 Å². The molecule has 1 heterocycles. The first-order valence-corrected chi connectivity index (χ1v) is 9.25. The van der Waals surface area contributed by atoms with Crippen LogP contribution in [0.25, 0.3) is 0 Å². The van der Waals surface area contributed by atoms with Gasteiger partial charge in [0.1, 0.15) is 6.04 Å². The van der Waals surface area contributed by atoms with Crippen molar-refractivity contribution >= 4 is 35.5 Å². The molecule has 25 heavy (non-hydrogen) atoms. The molecule has 0 unspecified atom stereocenters. The van der Waals surface area contributed by atoms with Crippen molar-refractivity contribution in [1.29, 1.82) is 0 Å². The van der Waals surface area contributed by atoms with Crippen LogP contribution in [0.3, 0.4) is 0 Å². The van der Waals surface area contributed by atoms with Crippen molar-refractivity contribution in [1.82, 2.24) is 10.2 Å². The van der Waals surface area contributed by atoms with Gasteiger partial charge in [0, 0.05) is 12.3 Å². The van der Waals surface area contributed by atoms with Crippen LogP contribution in [-0.4, -0.2) is 59.3 Å². The van der Waals surface area contributed by atoms with Gasteiger partial charge in [-0.25, -0.2) is 4.79 Å². The monoisotopic (exact) mass is 364 g/mol. The fraction of sp³-hybridized carbons (Fsp3) is 0.412. The minimum absolute atomic E-state index is 0.187. The molecule has 0 fully saturated rings. The molecule has 3 amide bonds. The van der Waals surface area contributed by atoms with Crippen LogP contribution in [-0.2, 0) is 14.3 Å². The maximum absolute atomic E-state index is 12.6. The molecule has 0 bridgehead atoms. The summed E-state index contributed by atoms with van der Waals surface area (Å²) in [5.74, 6) is -2.07. The second-order valence-corrected chi connectivity index (χ2v) is 6.38. The molecule has 1 aromatic carbocycles. The Morgan fingerprint density at radius 3 is 2.24 bits per heavy atom. The molecule has 2 atom stereocenters. The van der Waals surface area contributed by atoms with Crippen molar-refractivity contribution < 1.29 is 23.9 Å². The van der Waals surface area contributed by atoms with Gasteiger partial charge >= 0.3 is 5.97 Å². The van der Waals surface area contributed by atoms with Crippen LogP contribution in [0.2, 0.25) is 0 Å². The quantitative estimate of drug-likeness (QED) is 0.575. The SMILES string of the molecule is CCNC(=O)[C@@H](C)OC(=O)[C@@H](CSC)N1C(=O)c2ccccc2C1=O. The number of hydrogen-bond acceptors (Lipinski definition) is 6. The van der Waals surface area contributed by atoms with Crippen molar-refractivity contribution in [3.05, 3.63) is 35.4 Å². The summed E-state index contributed by atoms with van der Waals surface area (Å²) >= 11 is 1.31. The smallest absolute Gasteiger partial charge is 0.331 e. The van der Waals surface area contributed by atoms with E-state index in [2.05, 4.69) is 5.32 Å². The summed E-state index contributed by atoms with van der Waals surface area (Å²) in [6.07, 6.45) is 0.748. The number of carbonyl (C=O) groups is 4. The molecule has 1 aliphatic rings. The molecule has 0 aromatic heterocycles. The van der Waals surface area contributed by atoms with Crippen LogP contribution in [0.1, 0.15) is 34.6 Å². The Bertz CT molecular complexity index is 671. The van der Waals surface area contributed by atoms with Gasteiger partial charge in [0.15, 0.2) is 6.10 Å². The predicted molar refractivity (Wildman–Crippen MR) is 93.3 cm³/mol. The van der Waals surface area contributed by atoms with Crippen molar-refractivity contribution in [2.75, 3.05) is 18.6 Å². The van der Waals surface area contributed by atoms with Crippen LogP contribution >= 0.6 is 11.8 Å². The maximum atomic E-state index is 12.6. The largest absolute Gasteiger partial charge is 0.451 e. The summed E-state index contributed by atoms with van der Waals surface area (Å²) in [7, 11) is 0. The number of nitrogens with one attached hydrogen (secondary N) is 1. The lowest BCUT2D eigenvalue weighted by Gasteiger charge is -2.25. The van der Waals surface area contributed by atoms with Gasteiger partial charge in [0.05, 0.1) is 11.1 Å². The van der Waals surface area contributed by atoms with E-state index in [0.29, 0.717) is 6.54 Å². The first-order chi connectivity index (χ1) is 11.9. The Hall–Kier alpha value is -2.35. The molecule has 1 aromatic rings. The summed E-state index contributed by atoms with van der Waals surface area (Å²) in [5.41, 5.74) is 0.534. The normalized spacial score (nSPS) is 15.6. The minimum atomic E-state index is -1.08. The lowest BCUT2D eigenvalue weighted by atomic mass is 10.1. The summed E-state index contributed by atoms with van der Waals surface area (Å²) in [6, 6.07) is 5.33. The Kier molecular flexibility index (Phi) is 6.19. The third-order valence-corrected chi connectivity index (χ3v) is 4.40. The molecule has 1 N–H and O–H groups in total. The first kappa shape index (κ1) is 19.0. The number of fused-ring (bicyclic) bond motifs is 1. The molecule has 0 spiro atoms. The third-order valence-electron chi connectivity index (χ3n) is 3.75. The number of thioether (sulfide) groups is 1. The van der Waals surface area contributed by atoms with Gasteiger partial charge in [-0.15, -0.1) is 0 Å². The fourth-order valence-electron chi connectivity index (χ4n) is 2.52. The number of likely N-dealkylation sites (N-methyl/N-ethyl adjacent to an activating group) is 1. The highest BCUT2D eigenvalue weighted by atomic mass is 32.2. The molecule has 8 heteroatoms. The van der Waals surface area contributed by atoms with Gasteiger partial charge in [-0.3, -0.25) is 19.3 Å². The number of carbonyl (C=O) groups excluding carboxylic acids is 4. The molecule has 0 radical (unpaired) electrons. The molecule has 1 aliphatic heterocycles. The van der Waals surface area contributed by atoms with E-state index in [4.69, 9.17) is 4.74 Å². The predicted octanol–water partition coefficient (Wildman–Crippen LogP) is 1.08. The molecule has 2 rings (SSSR count). The van der Waals surface area contributed by atoms with Crippen molar-refractivity contribution in [3.8, 4) is 0 Å². The van der Waals surface area contributed by atoms with E-state index in [1.807, 2.05) is 0 Å². The highest BCUT2D eigenvalue weighted by molar-refractivity contribution is 7.98. The number of rotatable bonds is 7. The van der Waals surface area contributed by atoms with Gasteiger partial charge in [0.2, 0.25) is 0 Å². The highest BCUT2D eigenvalue weighted by Gasteiger charge is 2.43. The van der Waals surface area contributed by atoms with Crippen LogP contribution in [0, 0.1) is 0 Å². The molecular formula is C17H20N2O5S. The summed E-state index contributed by atoms with van der Waals surface area (Å²) in [4.78, 5) is 50.3. The van der Waals surface area contributed by atoms with Gasteiger partial charge in [-0.2, -0.15) is 11.8 Å². The average molecular weight is 364 g/mol. The molecule has 0 saturated heterocycles.